The Labute approximate surface area is 82.0 Å². The predicted molar refractivity (Wildman–Crippen MR) is 50.1 cm³/mol. The van der Waals surface area contributed by atoms with Gasteiger partial charge in [-0.25, -0.2) is 9.78 Å². The first-order valence-electron chi connectivity index (χ1n) is 4.57. The third-order valence-electron chi connectivity index (χ3n) is 2.75. The maximum absolute atomic E-state index is 10.8. The average molecular weight is 195 g/mol. The first kappa shape index (κ1) is 9.21. The second-order valence-corrected chi connectivity index (χ2v) is 3.74. The Bertz CT molecular complexity index is 372. The highest BCUT2D eigenvalue weighted by molar-refractivity contribution is 5.85. The van der Waals surface area contributed by atoms with Crippen LogP contribution >= 0.6 is 0 Å². The molecule has 0 radical (unpaired) electrons. The van der Waals surface area contributed by atoms with Crippen LogP contribution in [0.15, 0.2) is 6.20 Å². The molecule has 1 aromatic rings. The highest BCUT2D eigenvalue weighted by Crippen LogP contribution is 2.16. The lowest BCUT2D eigenvalue weighted by atomic mass is 10.2. The minimum Gasteiger partial charge on any atom is -0.477 e. The Balaban J connectivity index is 2.40. The van der Waals surface area contributed by atoms with Crippen molar-refractivity contribution in [2.75, 3.05) is 7.05 Å². The van der Waals surface area contributed by atoms with Gasteiger partial charge in [0.05, 0.1) is 12.7 Å². The first-order valence-corrected chi connectivity index (χ1v) is 4.57. The second kappa shape index (κ2) is 3.09. The van der Waals surface area contributed by atoms with Crippen LogP contribution in [-0.4, -0.2) is 38.6 Å². The number of carboxylic acids is 1. The topological polar surface area (TPSA) is 58.4 Å². The van der Waals surface area contributed by atoms with E-state index >= 15 is 0 Å². The van der Waals surface area contributed by atoms with E-state index in [2.05, 4.69) is 16.8 Å². The summed E-state index contributed by atoms with van der Waals surface area (Å²) in [5.41, 5.74) is 0.292. The zero-order chi connectivity index (χ0) is 10.3. The lowest BCUT2D eigenvalue weighted by Gasteiger charge is -2.30. The third-order valence-corrected chi connectivity index (χ3v) is 2.75. The summed E-state index contributed by atoms with van der Waals surface area (Å²) in [7, 11) is 2.02. The Morgan fingerprint density at radius 3 is 3.07 bits per heavy atom. The van der Waals surface area contributed by atoms with Crippen LogP contribution in [0.25, 0.3) is 0 Å². The molecule has 5 heteroatoms. The first-order chi connectivity index (χ1) is 6.59. The summed E-state index contributed by atoms with van der Waals surface area (Å²) in [5.74, 6) is -0.0662. The Morgan fingerprint density at radius 2 is 2.43 bits per heavy atom. The van der Waals surface area contributed by atoms with Crippen molar-refractivity contribution in [2.45, 2.75) is 26.1 Å². The van der Waals surface area contributed by atoms with Crippen LogP contribution in [0.3, 0.4) is 0 Å². The van der Waals surface area contributed by atoms with Gasteiger partial charge in [-0.3, -0.25) is 4.90 Å². The molecule has 5 nitrogen and oxygen atoms in total. The lowest BCUT2D eigenvalue weighted by Crippen LogP contribution is -2.39. The van der Waals surface area contributed by atoms with Crippen LogP contribution in [0, 0.1) is 0 Å². The molecule has 1 aliphatic heterocycles. The fourth-order valence-corrected chi connectivity index (χ4v) is 1.70. The number of fused-ring (bicyclic) bond motifs is 1. The number of hydrogen-bond donors (Lipinski definition) is 1. The van der Waals surface area contributed by atoms with Gasteiger partial charge in [-0.05, 0) is 14.0 Å². The third kappa shape index (κ3) is 1.29. The molecule has 1 aliphatic rings. The minimum absolute atomic E-state index is 0.292. The maximum atomic E-state index is 10.8. The molecular formula is C9H13N3O2. The van der Waals surface area contributed by atoms with Crippen molar-refractivity contribution >= 4 is 5.97 Å². The standard InChI is InChI=1S/C9H13N3O2/c1-6-4-12-7(9(13)14)3-10-8(12)5-11(6)2/h3,6H,4-5H2,1-2H3,(H,13,14). The molecule has 2 rings (SSSR count). The Kier molecular flexibility index (Phi) is 2.03. The molecule has 1 aromatic heterocycles. The molecule has 0 spiro atoms. The SMILES string of the molecule is CC1Cn2c(C(=O)O)cnc2CN1C. The number of aromatic nitrogens is 2. The second-order valence-electron chi connectivity index (χ2n) is 3.74. The number of likely N-dealkylation sites (N-methyl/N-ethyl adjacent to an activating group) is 1. The smallest absolute Gasteiger partial charge is 0.354 e. The van der Waals surface area contributed by atoms with Crippen molar-refractivity contribution in [3.8, 4) is 0 Å². The van der Waals surface area contributed by atoms with Gasteiger partial charge < -0.3 is 9.67 Å². The number of imidazole rings is 1. The summed E-state index contributed by atoms with van der Waals surface area (Å²) in [5, 5.41) is 8.91. The van der Waals surface area contributed by atoms with Gasteiger partial charge in [-0.1, -0.05) is 0 Å². The molecule has 1 atom stereocenters. The van der Waals surface area contributed by atoms with E-state index in [1.807, 2.05) is 7.05 Å². The average Bonchev–Trinajstić information content (AvgIpc) is 2.48. The van der Waals surface area contributed by atoms with Gasteiger partial charge >= 0.3 is 5.97 Å². The number of aromatic carboxylic acids is 1. The van der Waals surface area contributed by atoms with Crippen LogP contribution in [0.5, 0.6) is 0 Å². The van der Waals surface area contributed by atoms with Gasteiger partial charge in [0.1, 0.15) is 11.5 Å². The number of hydrogen-bond acceptors (Lipinski definition) is 3. The van der Waals surface area contributed by atoms with Gasteiger partial charge in [-0.2, -0.15) is 0 Å². The van der Waals surface area contributed by atoms with E-state index in [4.69, 9.17) is 5.11 Å². The van der Waals surface area contributed by atoms with E-state index in [0.717, 1.165) is 5.82 Å². The van der Waals surface area contributed by atoms with Gasteiger partial charge in [0.15, 0.2) is 0 Å². The van der Waals surface area contributed by atoms with Crippen molar-refractivity contribution < 1.29 is 9.90 Å². The van der Waals surface area contributed by atoms with Crippen molar-refractivity contribution in [3.63, 3.8) is 0 Å². The number of carbonyl (C=O) groups is 1. The van der Waals surface area contributed by atoms with Gasteiger partial charge in [0.25, 0.3) is 0 Å². The molecule has 1 N–H and O–H groups in total. The summed E-state index contributed by atoms with van der Waals surface area (Å²) < 4.78 is 1.78. The van der Waals surface area contributed by atoms with Crippen LogP contribution in [-0.2, 0) is 13.1 Å². The summed E-state index contributed by atoms with van der Waals surface area (Å²) in [6.07, 6.45) is 1.43. The normalized spacial score (nSPS) is 22.0. The van der Waals surface area contributed by atoms with E-state index in [1.54, 1.807) is 4.57 Å². The zero-order valence-electron chi connectivity index (χ0n) is 8.27. The molecular weight excluding hydrogens is 182 g/mol. The molecule has 2 heterocycles. The lowest BCUT2D eigenvalue weighted by molar-refractivity contribution is 0.0678. The molecule has 76 valence electrons. The fraction of sp³-hybridized carbons (Fsp3) is 0.556. The summed E-state index contributed by atoms with van der Waals surface area (Å²) in [6, 6.07) is 0.356. The number of nitrogens with zero attached hydrogens (tertiary/aromatic N) is 3. The molecule has 0 amide bonds. The highest BCUT2D eigenvalue weighted by Gasteiger charge is 2.24. The van der Waals surface area contributed by atoms with E-state index < -0.39 is 5.97 Å². The van der Waals surface area contributed by atoms with Gasteiger partial charge in [-0.15, -0.1) is 0 Å². The highest BCUT2D eigenvalue weighted by atomic mass is 16.4. The van der Waals surface area contributed by atoms with Crippen molar-refractivity contribution in [2.24, 2.45) is 0 Å². The Hall–Kier alpha value is -1.36. The van der Waals surface area contributed by atoms with Crippen LogP contribution < -0.4 is 0 Å². The molecule has 0 bridgehead atoms. The largest absolute Gasteiger partial charge is 0.477 e. The summed E-state index contributed by atoms with van der Waals surface area (Å²) >= 11 is 0. The predicted octanol–water partition coefficient (Wildman–Crippen LogP) is 0.415. The Morgan fingerprint density at radius 1 is 1.71 bits per heavy atom. The quantitative estimate of drug-likeness (QED) is 0.705. The van der Waals surface area contributed by atoms with Crippen molar-refractivity contribution in [3.05, 3.63) is 17.7 Å². The summed E-state index contributed by atoms with van der Waals surface area (Å²) in [4.78, 5) is 17.1. The molecule has 0 aliphatic carbocycles. The van der Waals surface area contributed by atoms with Crippen LogP contribution in [0.4, 0.5) is 0 Å². The minimum atomic E-state index is -0.902. The molecule has 0 fully saturated rings. The van der Waals surface area contributed by atoms with Crippen LogP contribution in [0.1, 0.15) is 23.2 Å². The molecule has 14 heavy (non-hydrogen) atoms. The monoisotopic (exact) mass is 195 g/mol. The van der Waals surface area contributed by atoms with Crippen LogP contribution in [0.2, 0.25) is 0 Å². The molecule has 0 aromatic carbocycles. The fourth-order valence-electron chi connectivity index (χ4n) is 1.70. The van der Waals surface area contributed by atoms with Crippen molar-refractivity contribution in [1.29, 1.82) is 0 Å². The van der Waals surface area contributed by atoms with Gasteiger partial charge in [0, 0.05) is 12.6 Å². The zero-order valence-corrected chi connectivity index (χ0v) is 8.27. The number of rotatable bonds is 1. The van der Waals surface area contributed by atoms with E-state index in [0.29, 0.717) is 24.8 Å². The molecule has 0 saturated carbocycles. The number of carboxylic acid groups (broad SMARTS) is 1. The van der Waals surface area contributed by atoms with E-state index in [9.17, 15) is 4.79 Å². The van der Waals surface area contributed by atoms with Crippen molar-refractivity contribution in [1.82, 2.24) is 14.5 Å². The van der Waals surface area contributed by atoms with E-state index in [1.165, 1.54) is 6.20 Å². The molecule has 0 saturated heterocycles. The summed E-state index contributed by atoms with van der Waals surface area (Å²) in [6.45, 7) is 3.50. The molecule has 1 unspecified atom stereocenters. The van der Waals surface area contributed by atoms with Gasteiger partial charge in [0.2, 0.25) is 0 Å². The maximum Gasteiger partial charge on any atom is 0.354 e. The van der Waals surface area contributed by atoms with E-state index in [-0.39, 0.29) is 0 Å².